The molecular weight excluding hydrogens is 248 g/mol. The van der Waals surface area contributed by atoms with Crippen LogP contribution in [0, 0.1) is 0 Å². The summed E-state index contributed by atoms with van der Waals surface area (Å²) in [6.45, 7) is 6.73. The molecule has 1 atom stereocenters. The lowest BCUT2D eigenvalue weighted by Gasteiger charge is -2.28. The molecule has 2 amide bonds. The van der Waals surface area contributed by atoms with Crippen LogP contribution >= 0.6 is 0 Å². The van der Waals surface area contributed by atoms with Crippen LogP contribution in [0.2, 0.25) is 0 Å². The predicted octanol–water partition coefficient (Wildman–Crippen LogP) is 1.10. The van der Waals surface area contributed by atoms with Gasteiger partial charge < -0.3 is 19.3 Å². The molecule has 0 aromatic heterocycles. The van der Waals surface area contributed by atoms with Crippen LogP contribution in [0.1, 0.15) is 27.2 Å². The first-order chi connectivity index (χ1) is 8.70. The van der Waals surface area contributed by atoms with Crippen LogP contribution in [-0.2, 0) is 14.3 Å². The van der Waals surface area contributed by atoms with E-state index in [0.717, 1.165) is 0 Å². The molecule has 6 heteroatoms. The maximum absolute atomic E-state index is 12.0. The Kier molecular flexibility index (Phi) is 5.17. The Balaban J connectivity index is 2.68. The Hall–Kier alpha value is -1.30. The Bertz CT molecular complexity index is 336. The van der Waals surface area contributed by atoms with E-state index in [1.807, 2.05) is 20.8 Å². The molecule has 0 saturated carbocycles. The van der Waals surface area contributed by atoms with Crippen molar-refractivity contribution in [2.45, 2.75) is 38.9 Å². The van der Waals surface area contributed by atoms with Crippen molar-refractivity contribution in [1.82, 2.24) is 9.80 Å². The summed E-state index contributed by atoms with van der Waals surface area (Å²) in [5.74, 6) is -0.129. The van der Waals surface area contributed by atoms with Crippen molar-refractivity contribution in [3.63, 3.8) is 0 Å². The number of rotatable bonds is 1. The number of ether oxygens (including phenoxy) is 2. The summed E-state index contributed by atoms with van der Waals surface area (Å²) >= 11 is 0. The van der Waals surface area contributed by atoms with Gasteiger partial charge in [0, 0.05) is 27.2 Å². The van der Waals surface area contributed by atoms with Crippen molar-refractivity contribution >= 4 is 12.0 Å². The Labute approximate surface area is 114 Å². The molecule has 0 aromatic carbocycles. The normalized spacial score (nSPS) is 20.7. The van der Waals surface area contributed by atoms with Crippen molar-refractivity contribution < 1.29 is 19.1 Å². The monoisotopic (exact) mass is 272 g/mol. The molecule has 6 nitrogen and oxygen atoms in total. The van der Waals surface area contributed by atoms with Gasteiger partial charge in [-0.1, -0.05) is 0 Å². The molecule has 0 aliphatic carbocycles. The molecule has 0 N–H and O–H groups in total. The molecule has 1 rings (SSSR count). The zero-order valence-corrected chi connectivity index (χ0v) is 12.4. The standard InChI is InChI=1S/C13H24N2O4/c1-13(2,3)19-12(17)15-7-6-8-18-10(9-15)11(16)14(4)5/h10H,6-9H2,1-5H3. The van der Waals surface area contributed by atoms with Crippen LogP contribution in [0.15, 0.2) is 0 Å². The smallest absolute Gasteiger partial charge is 0.410 e. The van der Waals surface area contributed by atoms with E-state index in [-0.39, 0.29) is 12.5 Å². The van der Waals surface area contributed by atoms with Crippen LogP contribution < -0.4 is 0 Å². The highest BCUT2D eigenvalue weighted by molar-refractivity contribution is 5.81. The fraction of sp³-hybridized carbons (Fsp3) is 0.846. The summed E-state index contributed by atoms with van der Waals surface area (Å²) in [7, 11) is 3.35. The minimum Gasteiger partial charge on any atom is -0.444 e. The van der Waals surface area contributed by atoms with Crippen LogP contribution in [0.5, 0.6) is 0 Å². The van der Waals surface area contributed by atoms with Crippen molar-refractivity contribution in [3.05, 3.63) is 0 Å². The van der Waals surface area contributed by atoms with Crippen LogP contribution in [0.25, 0.3) is 0 Å². The number of carbonyl (C=O) groups is 2. The minimum absolute atomic E-state index is 0.129. The van der Waals surface area contributed by atoms with E-state index >= 15 is 0 Å². The van der Waals surface area contributed by atoms with Gasteiger partial charge in [-0.2, -0.15) is 0 Å². The predicted molar refractivity (Wildman–Crippen MR) is 70.9 cm³/mol. The fourth-order valence-electron chi connectivity index (χ4n) is 1.75. The molecule has 1 unspecified atom stereocenters. The summed E-state index contributed by atoms with van der Waals surface area (Å²) < 4.78 is 10.8. The van der Waals surface area contributed by atoms with E-state index in [2.05, 4.69) is 0 Å². The van der Waals surface area contributed by atoms with E-state index in [4.69, 9.17) is 9.47 Å². The van der Waals surface area contributed by atoms with E-state index in [1.54, 1.807) is 19.0 Å². The van der Waals surface area contributed by atoms with Crippen molar-refractivity contribution in [2.24, 2.45) is 0 Å². The molecule has 1 saturated heterocycles. The van der Waals surface area contributed by atoms with Gasteiger partial charge in [-0.05, 0) is 27.2 Å². The SMILES string of the molecule is CN(C)C(=O)C1CN(C(=O)OC(C)(C)C)CCCO1. The summed E-state index contributed by atoms with van der Waals surface area (Å²) in [5.41, 5.74) is -0.536. The highest BCUT2D eigenvalue weighted by Crippen LogP contribution is 2.14. The van der Waals surface area contributed by atoms with Gasteiger partial charge in [0.25, 0.3) is 5.91 Å². The highest BCUT2D eigenvalue weighted by atomic mass is 16.6. The molecule has 1 fully saturated rings. The van der Waals surface area contributed by atoms with Gasteiger partial charge in [-0.3, -0.25) is 4.79 Å². The van der Waals surface area contributed by atoms with E-state index in [1.165, 1.54) is 4.90 Å². The van der Waals surface area contributed by atoms with Gasteiger partial charge in [0.05, 0.1) is 6.54 Å². The van der Waals surface area contributed by atoms with Crippen LogP contribution in [0.4, 0.5) is 4.79 Å². The van der Waals surface area contributed by atoms with Gasteiger partial charge in [0.1, 0.15) is 5.60 Å². The zero-order chi connectivity index (χ0) is 14.6. The van der Waals surface area contributed by atoms with Crippen molar-refractivity contribution in [3.8, 4) is 0 Å². The molecule has 0 spiro atoms. The fourth-order valence-corrected chi connectivity index (χ4v) is 1.75. The molecule has 0 bridgehead atoms. The molecule has 1 aliphatic rings. The molecule has 0 aromatic rings. The van der Waals surface area contributed by atoms with Crippen molar-refractivity contribution in [1.29, 1.82) is 0 Å². The first-order valence-corrected chi connectivity index (χ1v) is 6.51. The summed E-state index contributed by atoms with van der Waals surface area (Å²) in [5, 5.41) is 0. The average molecular weight is 272 g/mol. The summed E-state index contributed by atoms with van der Waals surface area (Å²) in [6, 6.07) is 0. The van der Waals surface area contributed by atoms with Crippen LogP contribution in [-0.4, -0.2) is 67.3 Å². The van der Waals surface area contributed by atoms with E-state index in [9.17, 15) is 9.59 Å². The number of likely N-dealkylation sites (N-methyl/N-ethyl adjacent to an activating group) is 1. The van der Waals surface area contributed by atoms with Gasteiger partial charge in [0.2, 0.25) is 0 Å². The first-order valence-electron chi connectivity index (χ1n) is 6.51. The zero-order valence-electron chi connectivity index (χ0n) is 12.4. The summed E-state index contributed by atoms with van der Waals surface area (Å²) in [4.78, 5) is 27.0. The second kappa shape index (κ2) is 6.23. The lowest BCUT2D eigenvalue weighted by molar-refractivity contribution is -0.141. The number of carbonyl (C=O) groups excluding carboxylic acids is 2. The first kappa shape index (κ1) is 15.8. The molecule has 1 heterocycles. The third-order valence-electron chi connectivity index (χ3n) is 2.65. The quantitative estimate of drug-likeness (QED) is 0.717. The Morgan fingerprint density at radius 1 is 1.32 bits per heavy atom. The van der Waals surface area contributed by atoms with E-state index in [0.29, 0.717) is 19.6 Å². The third kappa shape index (κ3) is 5.06. The molecule has 19 heavy (non-hydrogen) atoms. The molecule has 0 radical (unpaired) electrons. The number of amides is 2. The molecule has 110 valence electrons. The van der Waals surface area contributed by atoms with E-state index < -0.39 is 17.8 Å². The number of hydrogen-bond donors (Lipinski definition) is 0. The van der Waals surface area contributed by atoms with Crippen molar-refractivity contribution in [2.75, 3.05) is 33.8 Å². The van der Waals surface area contributed by atoms with Gasteiger partial charge >= 0.3 is 6.09 Å². The Morgan fingerprint density at radius 2 is 1.95 bits per heavy atom. The lowest BCUT2D eigenvalue weighted by atomic mass is 10.2. The summed E-state index contributed by atoms with van der Waals surface area (Å²) in [6.07, 6.45) is -0.296. The molecular formula is C13H24N2O4. The topological polar surface area (TPSA) is 59.1 Å². The number of nitrogens with zero attached hydrogens (tertiary/aromatic N) is 2. The van der Waals surface area contributed by atoms with Gasteiger partial charge in [-0.15, -0.1) is 0 Å². The maximum Gasteiger partial charge on any atom is 0.410 e. The van der Waals surface area contributed by atoms with Crippen LogP contribution in [0.3, 0.4) is 0 Å². The second-order valence-corrected chi connectivity index (χ2v) is 5.87. The number of hydrogen-bond acceptors (Lipinski definition) is 4. The maximum atomic E-state index is 12.0. The van der Waals surface area contributed by atoms with Gasteiger partial charge in [0.15, 0.2) is 6.10 Å². The third-order valence-corrected chi connectivity index (χ3v) is 2.65. The average Bonchev–Trinajstić information content (AvgIpc) is 2.50. The Morgan fingerprint density at radius 3 is 2.47 bits per heavy atom. The second-order valence-electron chi connectivity index (χ2n) is 5.87. The minimum atomic E-state index is -0.606. The van der Waals surface area contributed by atoms with Gasteiger partial charge in [-0.25, -0.2) is 4.79 Å². The largest absolute Gasteiger partial charge is 0.444 e. The molecule has 1 aliphatic heterocycles. The lowest BCUT2D eigenvalue weighted by Crippen LogP contribution is -2.45. The highest BCUT2D eigenvalue weighted by Gasteiger charge is 2.30.